The Morgan fingerprint density at radius 3 is 1.05 bits per heavy atom. The van der Waals surface area contributed by atoms with Crippen LogP contribution in [0, 0.1) is 0 Å². The zero-order valence-corrected chi connectivity index (χ0v) is 37.9. The fourth-order valence-electron chi connectivity index (χ4n) is 11.7. The summed E-state index contributed by atoms with van der Waals surface area (Å²) in [6.07, 6.45) is 2.05. The van der Waals surface area contributed by atoms with Crippen LogP contribution >= 0.6 is 15.9 Å². The van der Waals surface area contributed by atoms with E-state index in [4.69, 9.17) is 42.6 Å². The van der Waals surface area contributed by atoms with Gasteiger partial charge in [0.1, 0.15) is 5.75 Å². The van der Waals surface area contributed by atoms with E-state index in [1.54, 1.807) is 0 Å². The predicted molar refractivity (Wildman–Crippen MR) is 243 cm³/mol. The Labute approximate surface area is 379 Å². The van der Waals surface area contributed by atoms with Crippen molar-refractivity contribution >= 4 is 15.9 Å². The van der Waals surface area contributed by atoms with Crippen molar-refractivity contribution in [3.63, 3.8) is 0 Å². The van der Waals surface area contributed by atoms with Gasteiger partial charge in [0.25, 0.3) is 0 Å². The van der Waals surface area contributed by atoms with Crippen LogP contribution in [0.15, 0.2) is 114 Å². The second kappa shape index (κ2) is 18.1. The normalized spacial score (nSPS) is 27.7. The second-order valence-corrected chi connectivity index (χ2v) is 18.2. The van der Waals surface area contributed by atoms with Gasteiger partial charge in [-0.1, -0.05) is 113 Å². The molecule has 1 heterocycles. The Balaban J connectivity index is 0.980. The van der Waals surface area contributed by atoms with Crippen molar-refractivity contribution in [1.82, 2.24) is 0 Å². The second-order valence-electron chi connectivity index (χ2n) is 17.3. The minimum atomic E-state index is -1.08. The molecular weight excluding hydrogens is 860 g/mol. The highest BCUT2D eigenvalue weighted by Gasteiger charge is 2.77. The molecule has 4 spiro atoms. The maximum atomic E-state index is 7.68. The van der Waals surface area contributed by atoms with E-state index >= 15 is 0 Å². The lowest BCUT2D eigenvalue weighted by Crippen LogP contribution is -2.72. The summed E-state index contributed by atoms with van der Waals surface area (Å²) in [4.78, 5) is 0. The SMILES string of the molecule is CC(C)Oc1c2cc(Br)cc1COCCOCCOCCOC13c4ccccc4C4(CCC45c4ccccc4C1(OCCOCCOCCOC2)c1ccccc15)c1ccccc13. The van der Waals surface area contributed by atoms with E-state index in [0.29, 0.717) is 92.5 Å². The van der Waals surface area contributed by atoms with Crippen molar-refractivity contribution in [3.8, 4) is 5.75 Å². The van der Waals surface area contributed by atoms with Gasteiger partial charge in [0.05, 0.1) is 98.6 Å². The van der Waals surface area contributed by atoms with Crippen LogP contribution in [0.2, 0.25) is 0 Å². The summed E-state index contributed by atoms with van der Waals surface area (Å²) in [6, 6.07) is 40.1. The lowest BCUT2D eigenvalue weighted by molar-refractivity contribution is -0.203. The molecule has 1 fully saturated rings. The van der Waals surface area contributed by atoms with E-state index < -0.39 is 11.2 Å². The number of halogens is 1. The van der Waals surface area contributed by atoms with Gasteiger partial charge in [-0.3, -0.25) is 0 Å². The summed E-state index contributed by atoms with van der Waals surface area (Å²) in [5.74, 6) is 0.788. The highest BCUT2D eigenvalue weighted by atomic mass is 79.9. The molecule has 0 amide bonds. The average molecular weight is 918 g/mol. The lowest BCUT2D eigenvalue weighted by atomic mass is 9.32. The molecule has 9 nitrogen and oxygen atoms in total. The van der Waals surface area contributed by atoms with Crippen LogP contribution in [-0.4, -0.2) is 85.4 Å². The molecule has 10 heteroatoms. The molecule has 13 rings (SSSR count). The topological polar surface area (TPSA) is 83.1 Å². The van der Waals surface area contributed by atoms with Gasteiger partial charge in [0.2, 0.25) is 0 Å². The molecule has 5 aromatic rings. The fraction of sp³-hybridized carbons (Fsp3) is 0.434. The van der Waals surface area contributed by atoms with E-state index in [0.717, 1.165) is 56.4 Å². The van der Waals surface area contributed by atoms with Crippen molar-refractivity contribution in [2.24, 2.45) is 0 Å². The van der Waals surface area contributed by atoms with E-state index in [1.165, 1.54) is 22.3 Å². The van der Waals surface area contributed by atoms with Gasteiger partial charge in [-0.2, -0.15) is 0 Å². The number of hydrogen-bond donors (Lipinski definition) is 0. The van der Waals surface area contributed by atoms with Crippen LogP contribution in [-0.2, 0) is 73.1 Å². The Bertz CT molecular complexity index is 2160. The molecule has 8 aliphatic rings. The largest absolute Gasteiger partial charge is 0.490 e. The molecule has 0 saturated heterocycles. The Kier molecular flexibility index (Phi) is 12.4. The summed E-state index contributed by atoms with van der Waals surface area (Å²) >= 11 is 3.67. The molecule has 0 N–H and O–H groups in total. The van der Waals surface area contributed by atoms with Gasteiger partial charge in [0.15, 0.2) is 11.2 Å². The quantitative estimate of drug-likeness (QED) is 0.172. The first-order valence-corrected chi connectivity index (χ1v) is 23.4. The first-order chi connectivity index (χ1) is 31.0. The first-order valence-electron chi connectivity index (χ1n) is 22.6. The maximum Gasteiger partial charge on any atom is 0.156 e. The number of hydrogen-bond acceptors (Lipinski definition) is 9. The van der Waals surface area contributed by atoms with E-state index in [-0.39, 0.29) is 16.9 Å². The zero-order valence-electron chi connectivity index (χ0n) is 36.3. The Morgan fingerprint density at radius 1 is 0.429 bits per heavy atom. The van der Waals surface area contributed by atoms with Crippen molar-refractivity contribution in [2.75, 3.05) is 79.3 Å². The lowest BCUT2D eigenvalue weighted by Gasteiger charge is -2.72. The number of ether oxygens (including phenoxy) is 9. The van der Waals surface area contributed by atoms with Gasteiger partial charge in [-0.05, 0) is 83.3 Å². The number of benzene rings is 5. The van der Waals surface area contributed by atoms with Crippen molar-refractivity contribution in [1.29, 1.82) is 0 Å². The molecule has 1 saturated carbocycles. The average Bonchev–Trinajstić information content (AvgIpc) is 3.29. The molecule has 0 radical (unpaired) electrons. The van der Waals surface area contributed by atoms with Gasteiger partial charge in [0, 0.05) is 26.4 Å². The molecule has 63 heavy (non-hydrogen) atoms. The monoisotopic (exact) mass is 916 g/mol. The van der Waals surface area contributed by atoms with Gasteiger partial charge >= 0.3 is 0 Å². The molecule has 0 unspecified atom stereocenters. The minimum absolute atomic E-state index is 0.00832. The molecule has 330 valence electrons. The standard InChI is InChI=1S/C53H57BrO9/c1-37(2)63-49-38-33-40(54)34-39(49)36-60-28-26-56-22-24-58-30-32-62-53-47-17-9-5-13-43(47)51(44-14-6-10-18-48(44)53)20-19-50(51)41-11-3-7-15-45(41)52(53,46-16-8-4-12-42(46)50)61-31-29-57-23-21-55-25-27-59-35-38/h3-18,33-34,37H,19-32,35-36H2,1-2H3. The summed E-state index contributed by atoms with van der Waals surface area (Å²) in [5, 5.41) is 0. The van der Waals surface area contributed by atoms with E-state index in [2.05, 4.69) is 113 Å². The van der Waals surface area contributed by atoms with Crippen LogP contribution in [0.5, 0.6) is 5.75 Å². The van der Waals surface area contributed by atoms with Crippen LogP contribution in [0.3, 0.4) is 0 Å². The highest BCUT2D eigenvalue weighted by Crippen LogP contribution is 2.78. The first kappa shape index (κ1) is 43.0. The van der Waals surface area contributed by atoms with Crippen LogP contribution in [0.4, 0.5) is 0 Å². The summed E-state index contributed by atoms with van der Waals surface area (Å²) in [7, 11) is 0. The number of fused-ring (bicyclic) bond motifs is 2. The van der Waals surface area contributed by atoms with Crippen molar-refractivity contribution in [3.05, 3.63) is 169 Å². The molecule has 1 aliphatic heterocycles. The third-order valence-corrected chi connectivity index (χ3v) is 14.3. The molecule has 0 atom stereocenters. The minimum Gasteiger partial charge on any atom is -0.490 e. The summed E-state index contributed by atoms with van der Waals surface area (Å²) < 4.78 is 59.3. The maximum absolute atomic E-state index is 7.68. The summed E-state index contributed by atoms with van der Waals surface area (Å²) in [5.41, 5.74) is 9.04. The molecule has 5 aromatic carbocycles. The van der Waals surface area contributed by atoms with Gasteiger partial charge in [-0.25, -0.2) is 0 Å². The summed E-state index contributed by atoms with van der Waals surface area (Å²) in [6.45, 7) is 9.64. The Morgan fingerprint density at radius 2 is 0.730 bits per heavy atom. The van der Waals surface area contributed by atoms with Crippen LogP contribution in [0.1, 0.15) is 82.3 Å². The highest BCUT2D eigenvalue weighted by molar-refractivity contribution is 9.10. The van der Waals surface area contributed by atoms with Crippen LogP contribution in [0.25, 0.3) is 0 Å². The zero-order chi connectivity index (χ0) is 42.9. The molecule has 0 aromatic heterocycles. The smallest absolute Gasteiger partial charge is 0.156 e. The van der Waals surface area contributed by atoms with Gasteiger partial charge in [-0.15, -0.1) is 0 Å². The van der Waals surface area contributed by atoms with E-state index in [9.17, 15) is 0 Å². The van der Waals surface area contributed by atoms with Crippen molar-refractivity contribution in [2.45, 2.75) is 68.0 Å². The predicted octanol–water partition coefficient (Wildman–Crippen LogP) is 9.28. The third-order valence-electron chi connectivity index (χ3n) is 13.8. The molecule has 6 bridgehead atoms. The van der Waals surface area contributed by atoms with E-state index in [1.807, 2.05) is 26.0 Å². The van der Waals surface area contributed by atoms with Crippen LogP contribution < -0.4 is 4.74 Å². The number of rotatable bonds is 2. The fourth-order valence-corrected chi connectivity index (χ4v) is 12.2. The Hall–Kier alpha value is -3.94. The molecular formula is C53H57BrO9. The van der Waals surface area contributed by atoms with Gasteiger partial charge < -0.3 is 42.6 Å². The molecule has 7 aliphatic carbocycles. The third kappa shape index (κ3) is 6.86. The van der Waals surface area contributed by atoms with Crippen molar-refractivity contribution < 1.29 is 42.6 Å².